The number of benzene rings is 1. The zero-order valence-electron chi connectivity index (χ0n) is 12.2. The number of hydrogen-bond donors (Lipinski definition) is 1. The van der Waals surface area contributed by atoms with E-state index < -0.39 is 0 Å². The standard InChI is InChI=1S/C17H20BrNOS/c1-2-20-13-6-3-5-12(9-13)11-19-15-7-4-8-16-14(15)10-17(18)21-16/h3,5-6,9-10,15,19H,2,4,7-8,11H2,1H3. The predicted octanol–water partition coefficient (Wildman–Crippen LogP) is 5.08. The van der Waals surface area contributed by atoms with Gasteiger partial charge in [0.1, 0.15) is 5.75 Å². The van der Waals surface area contributed by atoms with E-state index in [0.717, 1.165) is 12.3 Å². The van der Waals surface area contributed by atoms with E-state index in [4.69, 9.17) is 4.74 Å². The van der Waals surface area contributed by atoms with Crippen molar-refractivity contribution in [2.75, 3.05) is 6.61 Å². The highest BCUT2D eigenvalue weighted by Crippen LogP contribution is 2.38. The summed E-state index contributed by atoms with van der Waals surface area (Å²) in [5.41, 5.74) is 2.77. The summed E-state index contributed by atoms with van der Waals surface area (Å²) < 4.78 is 6.82. The van der Waals surface area contributed by atoms with Gasteiger partial charge in [-0.1, -0.05) is 12.1 Å². The van der Waals surface area contributed by atoms with E-state index in [-0.39, 0.29) is 0 Å². The molecule has 0 spiro atoms. The van der Waals surface area contributed by atoms with Crippen LogP contribution in [0.3, 0.4) is 0 Å². The Hall–Kier alpha value is -0.840. The zero-order chi connectivity index (χ0) is 14.7. The summed E-state index contributed by atoms with van der Waals surface area (Å²) >= 11 is 5.50. The molecule has 0 saturated heterocycles. The predicted molar refractivity (Wildman–Crippen MR) is 92.1 cm³/mol. The molecule has 1 aromatic carbocycles. The molecule has 0 radical (unpaired) electrons. The number of ether oxygens (including phenoxy) is 1. The molecule has 0 amide bonds. The first kappa shape index (κ1) is 15.1. The molecule has 3 rings (SSSR count). The number of nitrogens with one attached hydrogen (secondary N) is 1. The van der Waals surface area contributed by atoms with Crippen LogP contribution in [0.5, 0.6) is 5.75 Å². The summed E-state index contributed by atoms with van der Waals surface area (Å²) in [5.74, 6) is 0.958. The molecule has 1 aromatic heterocycles. The minimum atomic E-state index is 0.479. The van der Waals surface area contributed by atoms with E-state index in [1.54, 1.807) is 0 Å². The van der Waals surface area contributed by atoms with Crippen molar-refractivity contribution in [3.63, 3.8) is 0 Å². The van der Waals surface area contributed by atoms with Crippen LogP contribution in [-0.2, 0) is 13.0 Å². The fourth-order valence-electron chi connectivity index (χ4n) is 2.89. The maximum Gasteiger partial charge on any atom is 0.119 e. The second kappa shape index (κ2) is 6.95. The molecular weight excluding hydrogens is 346 g/mol. The molecule has 1 unspecified atom stereocenters. The Morgan fingerprint density at radius 2 is 2.29 bits per heavy atom. The normalized spacial score (nSPS) is 17.5. The van der Waals surface area contributed by atoms with Gasteiger partial charge in [0.05, 0.1) is 10.4 Å². The van der Waals surface area contributed by atoms with Crippen LogP contribution < -0.4 is 10.1 Å². The molecule has 1 atom stereocenters. The van der Waals surface area contributed by atoms with Crippen molar-refractivity contribution in [1.29, 1.82) is 0 Å². The average Bonchev–Trinajstić information content (AvgIpc) is 2.86. The monoisotopic (exact) mass is 365 g/mol. The molecule has 0 aliphatic heterocycles. The molecule has 0 bridgehead atoms. The van der Waals surface area contributed by atoms with Crippen LogP contribution in [0.4, 0.5) is 0 Å². The van der Waals surface area contributed by atoms with Crippen molar-refractivity contribution in [3.05, 3.63) is 50.1 Å². The summed E-state index contributed by atoms with van der Waals surface area (Å²) in [6.07, 6.45) is 3.72. The van der Waals surface area contributed by atoms with Gasteiger partial charge in [-0.15, -0.1) is 11.3 Å². The Bertz CT molecular complexity index is 611. The Kier molecular flexibility index (Phi) is 4.99. The number of rotatable bonds is 5. The quantitative estimate of drug-likeness (QED) is 0.797. The lowest BCUT2D eigenvalue weighted by Gasteiger charge is -2.24. The lowest BCUT2D eigenvalue weighted by atomic mass is 9.94. The minimum absolute atomic E-state index is 0.479. The van der Waals surface area contributed by atoms with Crippen LogP contribution in [0.15, 0.2) is 34.1 Å². The number of halogens is 1. The molecule has 1 aliphatic rings. The van der Waals surface area contributed by atoms with Crippen LogP contribution in [0, 0.1) is 0 Å². The van der Waals surface area contributed by atoms with Gasteiger partial charge >= 0.3 is 0 Å². The Labute approximate surface area is 138 Å². The molecule has 4 heteroatoms. The van der Waals surface area contributed by atoms with Gasteiger partial charge in [-0.25, -0.2) is 0 Å². The highest BCUT2D eigenvalue weighted by molar-refractivity contribution is 9.11. The molecule has 112 valence electrons. The lowest BCUT2D eigenvalue weighted by molar-refractivity contribution is 0.339. The molecular formula is C17H20BrNOS. The van der Waals surface area contributed by atoms with Crippen LogP contribution >= 0.6 is 27.3 Å². The van der Waals surface area contributed by atoms with Gasteiger partial charge in [-0.2, -0.15) is 0 Å². The summed E-state index contributed by atoms with van der Waals surface area (Å²) in [4.78, 5) is 1.54. The summed E-state index contributed by atoms with van der Waals surface area (Å²) in [7, 11) is 0. The van der Waals surface area contributed by atoms with E-state index in [1.807, 2.05) is 24.3 Å². The molecule has 2 nitrogen and oxygen atoms in total. The zero-order valence-corrected chi connectivity index (χ0v) is 14.6. The Morgan fingerprint density at radius 3 is 3.14 bits per heavy atom. The van der Waals surface area contributed by atoms with Gasteiger partial charge in [0.25, 0.3) is 0 Å². The average molecular weight is 366 g/mol. The maximum absolute atomic E-state index is 5.57. The number of fused-ring (bicyclic) bond motifs is 1. The smallest absolute Gasteiger partial charge is 0.119 e. The van der Waals surface area contributed by atoms with Gasteiger partial charge in [-0.3, -0.25) is 0 Å². The molecule has 1 N–H and O–H groups in total. The largest absolute Gasteiger partial charge is 0.494 e. The van der Waals surface area contributed by atoms with Crippen molar-refractivity contribution in [3.8, 4) is 5.75 Å². The van der Waals surface area contributed by atoms with Crippen LogP contribution in [0.1, 0.15) is 41.8 Å². The van der Waals surface area contributed by atoms with E-state index >= 15 is 0 Å². The maximum atomic E-state index is 5.57. The first-order chi connectivity index (χ1) is 10.3. The van der Waals surface area contributed by atoms with E-state index in [1.165, 1.54) is 39.1 Å². The molecule has 2 aromatic rings. The third-order valence-electron chi connectivity index (χ3n) is 3.85. The highest BCUT2D eigenvalue weighted by Gasteiger charge is 2.22. The first-order valence-electron chi connectivity index (χ1n) is 7.49. The Balaban J connectivity index is 1.67. The number of thiophene rings is 1. The highest BCUT2D eigenvalue weighted by atomic mass is 79.9. The fourth-order valence-corrected chi connectivity index (χ4v) is 4.71. The van der Waals surface area contributed by atoms with Crippen LogP contribution in [0.25, 0.3) is 0 Å². The van der Waals surface area contributed by atoms with E-state index in [2.05, 4.69) is 45.5 Å². The van der Waals surface area contributed by atoms with Crippen LogP contribution in [0.2, 0.25) is 0 Å². The third kappa shape index (κ3) is 3.68. The third-order valence-corrected chi connectivity index (χ3v) is 5.56. The van der Waals surface area contributed by atoms with Crippen LogP contribution in [-0.4, -0.2) is 6.61 Å². The van der Waals surface area contributed by atoms with Crippen molar-refractivity contribution in [1.82, 2.24) is 5.32 Å². The van der Waals surface area contributed by atoms with Gasteiger partial charge < -0.3 is 10.1 Å². The minimum Gasteiger partial charge on any atom is -0.494 e. The summed E-state index contributed by atoms with van der Waals surface area (Å²) in [6.45, 7) is 3.62. The number of aryl methyl sites for hydroxylation is 1. The molecule has 1 heterocycles. The van der Waals surface area contributed by atoms with E-state index in [9.17, 15) is 0 Å². The topological polar surface area (TPSA) is 21.3 Å². The SMILES string of the molecule is CCOc1cccc(CNC2CCCc3sc(Br)cc32)c1. The van der Waals surface area contributed by atoms with Gasteiger partial charge in [0, 0.05) is 17.5 Å². The second-order valence-corrected chi connectivity index (χ2v) is 7.85. The summed E-state index contributed by atoms with van der Waals surface area (Å²) in [5, 5.41) is 3.71. The molecule has 1 aliphatic carbocycles. The van der Waals surface area contributed by atoms with Gasteiger partial charge in [0.15, 0.2) is 0 Å². The fraction of sp³-hybridized carbons (Fsp3) is 0.412. The number of hydrogen-bond acceptors (Lipinski definition) is 3. The van der Waals surface area contributed by atoms with Gasteiger partial charge in [0.2, 0.25) is 0 Å². The van der Waals surface area contributed by atoms with Crippen molar-refractivity contribution in [2.45, 2.75) is 38.8 Å². The Morgan fingerprint density at radius 1 is 1.38 bits per heavy atom. The van der Waals surface area contributed by atoms with Crippen molar-refractivity contribution < 1.29 is 4.74 Å². The molecule has 0 fully saturated rings. The molecule has 21 heavy (non-hydrogen) atoms. The molecule has 0 saturated carbocycles. The van der Waals surface area contributed by atoms with Crippen molar-refractivity contribution >= 4 is 27.3 Å². The first-order valence-corrected chi connectivity index (χ1v) is 9.10. The lowest BCUT2D eigenvalue weighted by Crippen LogP contribution is -2.23. The van der Waals surface area contributed by atoms with E-state index in [0.29, 0.717) is 12.6 Å². The van der Waals surface area contributed by atoms with Gasteiger partial charge in [-0.05, 0) is 71.4 Å². The second-order valence-electron chi connectivity index (χ2n) is 5.34. The van der Waals surface area contributed by atoms with Crippen molar-refractivity contribution in [2.24, 2.45) is 0 Å². The summed E-state index contributed by atoms with van der Waals surface area (Å²) in [6, 6.07) is 11.1.